The highest BCUT2D eigenvalue weighted by Gasteiger charge is 2.51. The number of hydrogen-bond acceptors (Lipinski definition) is 4. The van der Waals surface area contributed by atoms with Gasteiger partial charge in [-0.05, 0) is 19.1 Å². The van der Waals surface area contributed by atoms with Crippen LogP contribution < -0.4 is 0 Å². The molecule has 1 aromatic rings. The fraction of sp³-hybridized carbons (Fsp3) is 0.571. The molecule has 20 heavy (non-hydrogen) atoms. The summed E-state index contributed by atoms with van der Waals surface area (Å²) in [4.78, 5) is 25.2. The van der Waals surface area contributed by atoms with E-state index >= 15 is 0 Å². The Morgan fingerprint density at radius 1 is 1.35 bits per heavy atom. The molecule has 1 aliphatic rings. The van der Waals surface area contributed by atoms with Crippen LogP contribution in [-0.2, 0) is 9.53 Å². The zero-order valence-corrected chi connectivity index (χ0v) is 12.0. The smallest absolute Gasteiger partial charge is 0.329 e. The Bertz CT molecular complexity index is 502. The predicted octanol–water partition coefficient (Wildman–Crippen LogP) is 1.97. The molecule has 6 nitrogen and oxygen atoms in total. The monoisotopic (exact) mass is 281 g/mol. The van der Waals surface area contributed by atoms with E-state index in [0.717, 1.165) is 0 Å². The summed E-state index contributed by atoms with van der Waals surface area (Å²) in [5.41, 5.74) is -0.402. The largest absolute Gasteiger partial charge is 0.480 e. The number of carbonyl (C=O) groups excluding carboxylic acids is 1. The van der Waals surface area contributed by atoms with Gasteiger partial charge in [0.15, 0.2) is 11.8 Å². The van der Waals surface area contributed by atoms with Crippen LogP contribution in [0.15, 0.2) is 22.8 Å². The SMILES string of the molecule is C[C@@H]1O[C@@H](C(C)(C)C)N(C(=O)c2ccco2)[C@H]1C(=O)O. The minimum Gasteiger partial charge on any atom is -0.480 e. The molecule has 6 heteroatoms. The van der Waals surface area contributed by atoms with E-state index in [1.165, 1.54) is 17.2 Å². The van der Waals surface area contributed by atoms with Gasteiger partial charge in [-0.3, -0.25) is 9.69 Å². The van der Waals surface area contributed by atoms with E-state index < -0.39 is 35.7 Å². The van der Waals surface area contributed by atoms with Gasteiger partial charge in [0, 0.05) is 5.41 Å². The fourth-order valence-corrected chi connectivity index (χ4v) is 2.42. The van der Waals surface area contributed by atoms with E-state index in [9.17, 15) is 14.7 Å². The molecule has 1 fully saturated rings. The van der Waals surface area contributed by atoms with Crippen molar-refractivity contribution in [2.45, 2.75) is 46.1 Å². The molecule has 0 saturated carbocycles. The number of nitrogens with zero attached hydrogens (tertiary/aromatic N) is 1. The van der Waals surface area contributed by atoms with Crippen LogP contribution in [0, 0.1) is 5.41 Å². The minimum absolute atomic E-state index is 0.114. The molecule has 1 aliphatic heterocycles. The van der Waals surface area contributed by atoms with E-state index in [2.05, 4.69) is 0 Å². The average Bonchev–Trinajstić information content (AvgIpc) is 2.93. The van der Waals surface area contributed by atoms with Gasteiger partial charge in [0.05, 0.1) is 12.4 Å². The molecule has 2 rings (SSSR count). The van der Waals surface area contributed by atoms with Gasteiger partial charge >= 0.3 is 5.97 Å². The molecule has 0 aromatic carbocycles. The maximum Gasteiger partial charge on any atom is 0.329 e. The molecular formula is C14H19NO5. The van der Waals surface area contributed by atoms with Crippen LogP contribution in [0.25, 0.3) is 0 Å². The first-order valence-corrected chi connectivity index (χ1v) is 6.48. The van der Waals surface area contributed by atoms with Crippen LogP contribution in [0.4, 0.5) is 0 Å². The number of furan rings is 1. The molecule has 110 valence electrons. The standard InChI is InChI=1S/C14H19NO5/c1-8-10(12(17)18)15(13(20-8)14(2,3)4)11(16)9-6-5-7-19-9/h5-8,10,13H,1-4H3,(H,17,18)/t8-,10+,13-/m0/s1. The molecule has 0 unspecified atom stereocenters. The third-order valence-electron chi connectivity index (χ3n) is 3.30. The van der Waals surface area contributed by atoms with E-state index in [4.69, 9.17) is 9.15 Å². The number of ether oxygens (including phenoxy) is 1. The van der Waals surface area contributed by atoms with Crippen LogP contribution in [0.5, 0.6) is 0 Å². The summed E-state index contributed by atoms with van der Waals surface area (Å²) >= 11 is 0. The molecule has 1 saturated heterocycles. The summed E-state index contributed by atoms with van der Waals surface area (Å²) in [7, 11) is 0. The average molecular weight is 281 g/mol. The third kappa shape index (κ3) is 2.43. The van der Waals surface area contributed by atoms with Crippen molar-refractivity contribution >= 4 is 11.9 Å². The van der Waals surface area contributed by atoms with Gasteiger partial charge in [-0.25, -0.2) is 4.79 Å². The van der Waals surface area contributed by atoms with Crippen molar-refractivity contribution in [2.24, 2.45) is 5.41 Å². The quantitative estimate of drug-likeness (QED) is 0.896. The van der Waals surface area contributed by atoms with Crippen LogP contribution in [-0.4, -0.2) is 40.3 Å². The second-order valence-electron chi connectivity index (χ2n) is 6.03. The fourth-order valence-electron chi connectivity index (χ4n) is 2.42. The van der Waals surface area contributed by atoms with Crippen LogP contribution >= 0.6 is 0 Å². The summed E-state index contributed by atoms with van der Waals surface area (Å²) < 4.78 is 10.8. The lowest BCUT2D eigenvalue weighted by atomic mass is 9.93. The number of carboxylic acids is 1. The lowest BCUT2D eigenvalue weighted by molar-refractivity contribution is -0.142. The molecule has 2 heterocycles. The highest BCUT2D eigenvalue weighted by atomic mass is 16.5. The number of carboxylic acid groups (broad SMARTS) is 1. The Morgan fingerprint density at radius 2 is 2.00 bits per heavy atom. The van der Waals surface area contributed by atoms with Crippen molar-refractivity contribution in [3.05, 3.63) is 24.2 Å². The minimum atomic E-state index is -1.08. The first-order valence-electron chi connectivity index (χ1n) is 6.48. The molecular weight excluding hydrogens is 262 g/mol. The van der Waals surface area contributed by atoms with Crippen LogP contribution in [0.2, 0.25) is 0 Å². The predicted molar refractivity (Wildman–Crippen MR) is 70.1 cm³/mol. The summed E-state index contributed by atoms with van der Waals surface area (Å²) in [5, 5.41) is 9.38. The molecule has 3 atom stereocenters. The molecule has 1 N–H and O–H groups in total. The molecule has 1 amide bonds. The van der Waals surface area contributed by atoms with Crippen molar-refractivity contribution < 1.29 is 23.8 Å². The summed E-state index contributed by atoms with van der Waals surface area (Å²) in [6.07, 6.45) is 0.196. The van der Waals surface area contributed by atoms with Crippen molar-refractivity contribution in [1.29, 1.82) is 0 Å². The first kappa shape index (κ1) is 14.6. The van der Waals surface area contributed by atoms with Crippen molar-refractivity contribution in [2.75, 3.05) is 0 Å². The van der Waals surface area contributed by atoms with Gasteiger partial charge in [-0.2, -0.15) is 0 Å². The van der Waals surface area contributed by atoms with Crippen molar-refractivity contribution in [1.82, 2.24) is 4.90 Å². The van der Waals surface area contributed by atoms with Gasteiger partial charge in [0.1, 0.15) is 6.23 Å². The van der Waals surface area contributed by atoms with E-state index in [-0.39, 0.29) is 5.76 Å². The van der Waals surface area contributed by atoms with Gasteiger partial charge in [0.25, 0.3) is 5.91 Å². The lowest BCUT2D eigenvalue weighted by Crippen LogP contribution is -2.50. The van der Waals surface area contributed by atoms with Crippen LogP contribution in [0.1, 0.15) is 38.2 Å². The maximum absolute atomic E-state index is 12.5. The van der Waals surface area contributed by atoms with Gasteiger partial charge in [-0.15, -0.1) is 0 Å². The highest BCUT2D eigenvalue weighted by molar-refractivity contribution is 5.95. The van der Waals surface area contributed by atoms with Crippen molar-refractivity contribution in [3.8, 4) is 0 Å². The number of carbonyl (C=O) groups is 2. The zero-order valence-electron chi connectivity index (χ0n) is 12.0. The van der Waals surface area contributed by atoms with E-state index in [1.54, 1.807) is 13.0 Å². The lowest BCUT2D eigenvalue weighted by Gasteiger charge is -2.34. The molecule has 1 aromatic heterocycles. The Balaban J connectivity index is 2.41. The summed E-state index contributed by atoms with van der Waals surface area (Å²) in [6.45, 7) is 7.36. The maximum atomic E-state index is 12.5. The van der Waals surface area contributed by atoms with Crippen LogP contribution in [0.3, 0.4) is 0 Å². The Morgan fingerprint density at radius 3 is 2.45 bits per heavy atom. The normalized spacial score (nSPS) is 26.8. The number of hydrogen-bond donors (Lipinski definition) is 1. The zero-order chi connectivity index (χ0) is 15.1. The van der Waals surface area contributed by atoms with Gasteiger partial charge in [-0.1, -0.05) is 20.8 Å². The number of amides is 1. The first-order chi connectivity index (χ1) is 9.23. The van der Waals surface area contributed by atoms with Gasteiger partial charge in [0.2, 0.25) is 0 Å². The molecule has 0 radical (unpaired) electrons. The molecule has 0 aliphatic carbocycles. The number of aliphatic carboxylic acids is 1. The third-order valence-corrected chi connectivity index (χ3v) is 3.30. The molecule has 0 spiro atoms. The van der Waals surface area contributed by atoms with E-state index in [1.807, 2.05) is 20.8 Å². The summed E-state index contributed by atoms with van der Waals surface area (Å²) in [6, 6.07) is 2.09. The second-order valence-corrected chi connectivity index (χ2v) is 6.03. The van der Waals surface area contributed by atoms with E-state index in [0.29, 0.717) is 0 Å². The topological polar surface area (TPSA) is 80.0 Å². The Hall–Kier alpha value is -1.82. The van der Waals surface area contributed by atoms with Gasteiger partial charge < -0.3 is 14.3 Å². The Labute approximate surface area is 117 Å². The van der Waals surface area contributed by atoms with Crippen molar-refractivity contribution in [3.63, 3.8) is 0 Å². The number of rotatable bonds is 2. The Kier molecular flexibility index (Phi) is 3.60. The summed E-state index contributed by atoms with van der Waals surface area (Å²) in [5.74, 6) is -1.43. The highest BCUT2D eigenvalue weighted by Crippen LogP contribution is 2.36. The molecule has 0 bridgehead atoms. The second kappa shape index (κ2) is 4.94.